The van der Waals surface area contributed by atoms with E-state index in [0.717, 1.165) is 0 Å². The van der Waals surface area contributed by atoms with Crippen molar-refractivity contribution in [1.82, 2.24) is 4.90 Å². The first-order valence-corrected chi connectivity index (χ1v) is 6.35. The third kappa shape index (κ3) is 4.89. The average molecular weight is 271 g/mol. The number of piperidine rings is 1. The van der Waals surface area contributed by atoms with Crippen LogP contribution >= 0.6 is 0 Å². The smallest absolute Gasteiger partial charge is 0.410 e. The van der Waals surface area contributed by atoms with Gasteiger partial charge in [-0.3, -0.25) is 9.59 Å². The molecule has 2 atom stereocenters. The molecule has 0 spiro atoms. The van der Waals surface area contributed by atoms with Crippen molar-refractivity contribution in [3.8, 4) is 0 Å². The summed E-state index contributed by atoms with van der Waals surface area (Å²) < 4.78 is 9.64. The van der Waals surface area contributed by atoms with Gasteiger partial charge in [-0.2, -0.15) is 0 Å². The molecule has 19 heavy (non-hydrogen) atoms. The summed E-state index contributed by atoms with van der Waals surface area (Å²) in [5.41, 5.74) is -0.573. The molecule has 1 saturated heterocycles. The zero-order valence-corrected chi connectivity index (χ0v) is 11.8. The molecule has 0 bridgehead atoms. The Morgan fingerprint density at radius 1 is 1.26 bits per heavy atom. The van der Waals surface area contributed by atoms with Gasteiger partial charge in [-0.05, 0) is 33.1 Å². The largest absolute Gasteiger partial charge is 0.444 e. The van der Waals surface area contributed by atoms with Crippen molar-refractivity contribution in [3.05, 3.63) is 0 Å². The first-order chi connectivity index (χ1) is 8.73. The first-order valence-electron chi connectivity index (χ1n) is 6.35. The zero-order chi connectivity index (χ0) is 14.6. The number of carbonyl (C=O) groups excluding carboxylic acids is 3. The van der Waals surface area contributed by atoms with Gasteiger partial charge < -0.3 is 14.4 Å². The van der Waals surface area contributed by atoms with Crippen molar-refractivity contribution in [2.45, 2.75) is 39.7 Å². The van der Waals surface area contributed by atoms with Gasteiger partial charge >= 0.3 is 18.5 Å². The number of hydrogen-bond acceptors (Lipinski definition) is 5. The van der Waals surface area contributed by atoms with E-state index in [1.54, 1.807) is 20.8 Å². The Bertz CT molecular complexity index is 361. The van der Waals surface area contributed by atoms with Crippen molar-refractivity contribution in [2.24, 2.45) is 11.8 Å². The molecule has 1 heterocycles. The summed E-state index contributed by atoms with van der Waals surface area (Å²) in [7, 11) is 0. The average Bonchev–Trinajstić information content (AvgIpc) is 2.26. The minimum atomic E-state index is -0.588. The molecule has 1 amide bonds. The molecule has 0 aromatic carbocycles. The SMILES string of the molecule is C[C@@H]1C[C@H](C(=O)OC=O)CN(C(=O)OC(C)(C)C)C1. The van der Waals surface area contributed by atoms with Crippen molar-refractivity contribution in [1.29, 1.82) is 0 Å². The van der Waals surface area contributed by atoms with Gasteiger partial charge in [0.2, 0.25) is 0 Å². The molecule has 6 nitrogen and oxygen atoms in total. The monoisotopic (exact) mass is 271 g/mol. The van der Waals surface area contributed by atoms with E-state index in [0.29, 0.717) is 13.0 Å². The van der Waals surface area contributed by atoms with E-state index in [2.05, 4.69) is 4.74 Å². The van der Waals surface area contributed by atoms with Gasteiger partial charge in [0.05, 0.1) is 5.92 Å². The van der Waals surface area contributed by atoms with Crippen LogP contribution in [0.3, 0.4) is 0 Å². The van der Waals surface area contributed by atoms with Gasteiger partial charge in [0.1, 0.15) is 5.60 Å². The van der Waals surface area contributed by atoms with E-state index in [9.17, 15) is 14.4 Å². The zero-order valence-electron chi connectivity index (χ0n) is 11.8. The molecule has 1 fully saturated rings. The minimum Gasteiger partial charge on any atom is -0.444 e. The lowest BCUT2D eigenvalue weighted by molar-refractivity contribution is -0.156. The number of carbonyl (C=O) groups is 3. The fourth-order valence-corrected chi connectivity index (χ4v) is 2.14. The quantitative estimate of drug-likeness (QED) is 0.433. The predicted octanol–water partition coefficient (Wildman–Crippen LogP) is 1.58. The number of likely N-dealkylation sites (tertiary alicyclic amines) is 1. The Morgan fingerprint density at radius 3 is 2.42 bits per heavy atom. The van der Waals surface area contributed by atoms with Crippen LogP contribution in [0.5, 0.6) is 0 Å². The molecule has 0 unspecified atom stereocenters. The van der Waals surface area contributed by atoms with E-state index < -0.39 is 23.6 Å². The topological polar surface area (TPSA) is 72.9 Å². The van der Waals surface area contributed by atoms with E-state index in [1.165, 1.54) is 4.90 Å². The second-order valence-corrected chi connectivity index (χ2v) is 5.96. The van der Waals surface area contributed by atoms with Gasteiger partial charge in [-0.15, -0.1) is 0 Å². The maximum Gasteiger partial charge on any atom is 0.410 e. The fraction of sp³-hybridized carbons (Fsp3) is 0.769. The van der Waals surface area contributed by atoms with Crippen molar-refractivity contribution < 1.29 is 23.9 Å². The number of nitrogens with zero attached hydrogens (tertiary/aromatic N) is 1. The van der Waals surface area contributed by atoms with E-state index >= 15 is 0 Å². The molecule has 0 aromatic heterocycles. The summed E-state index contributed by atoms with van der Waals surface area (Å²) in [6, 6.07) is 0. The van der Waals surface area contributed by atoms with Gasteiger partial charge in [0, 0.05) is 13.1 Å². The third-order valence-corrected chi connectivity index (χ3v) is 2.81. The maximum atomic E-state index is 12.0. The van der Waals surface area contributed by atoms with Crippen LogP contribution in [-0.2, 0) is 19.1 Å². The summed E-state index contributed by atoms with van der Waals surface area (Å²) in [5.74, 6) is -0.901. The highest BCUT2D eigenvalue weighted by molar-refractivity contribution is 5.80. The molecular formula is C13H21NO5. The van der Waals surface area contributed by atoms with E-state index in [4.69, 9.17) is 4.74 Å². The molecule has 0 aliphatic carbocycles. The van der Waals surface area contributed by atoms with E-state index in [1.807, 2.05) is 6.92 Å². The first kappa shape index (κ1) is 15.5. The van der Waals surface area contributed by atoms with Crippen LogP contribution in [0, 0.1) is 11.8 Å². The second kappa shape index (κ2) is 6.04. The summed E-state index contributed by atoms with van der Waals surface area (Å²) >= 11 is 0. The Morgan fingerprint density at radius 2 is 1.89 bits per heavy atom. The number of ether oxygens (including phenoxy) is 2. The Hall–Kier alpha value is -1.59. The third-order valence-electron chi connectivity index (χ3n) is 2.81. The Labute approximate surface area is 113 Å². The standard InChI is InChI=1S/C13H21NO5/c1-9-5-10(11(16)18-8-15)7-14(6-9)12(17)19-13(2,3)4/h8-10H,5-7H2,1-4H3/t9-,10+/m1/s1. The molecule has 1 aliphatic heterocycles. The minimum absolute atomic E-state index is 0.124. The molecule has 0 saturated carbocycles. The number of esters is 1. The molecule has 0 radical (unpaired) electrons. The predicted molar refractivity (Wildman–Crippen MR) is 67.2 cm³/mol. The molecular weight excluding hydrogens is 250 g/mol. The Balaban J connectivity index is 2.67. The lowest BCUT2D eigenvalue weighted by atomic mass is 9.91. The van der Waals surface area contributed by atoms with Crippen LogP contribution in [0.25, 0.3) is 0 Å². The van der Waals surface area contributed by atoms with Crippen LogP contribution in [0.1, 0.15) is 34.1 Å². The van der Waals surface area contributed by atoms with Gasteiger partial charge in [0.25, 0.3) is 0 Å². The molecule has 0 aromatic rings. The van der Waals surface area contributed by atoms with Crippen molar-refractivity contribution >= 4 is 18.5 Å². The number of hydrogen-bond donors (Lipinski definition) is 0. The number of amides is 1. The maximum absolute atomic E-state index is 12.0. The lowest BCUT2D eigenvalue weighted by Crippen LogP contribution is -2.47. The highest BCUT2D eigenvalue weighted by Gasteiger charge is 2.34. The van der Waals surface area contributed by atoms with Crippen LogP contribution in [-0.4, -0.2) is 42.1 Å². The molecule has 0 N–H and O–H groups in total. The normalized spacial score (nSPS) is 23.7. The summed E-state index contributed by atoms with van der Waals surface area (Å²) in [6.45, 7) is 8.20. The second-order valence-electron chi connectivity index (χ2n) is 5.96. The summed E-state index contributed by atoms with van der Waals surface area (Å²) in [4.78, 5) is 35.2. The van der Waals surface area contributed by atoms with Gasteiger partial charge in [-0.1, -0.05) is 6.92 Å². The highest BCUT2D eigenvalue weighted by Crippen LogP contribution is 2.24. The summed E-state index contributed by atoms with van der Waals surface area (Å²) in [5, 5.41) is 0. The van der Waals surface area contributed by atoms with Crippen LogP contribution in [0.15, 0.2) is 0 Å². The molecule has 1 aliphatic rings. The summed E-state index contributed by atoms with van der Waals surface area (Å²) in [6.07, 6.45) is 0.161. The fourth-order valence-electron chi connectivity index (χ4n) is 2.14. The molecule has 1 rings (SSSR count). The van der Waals surface area contributed by atoms with Crippen molar-refractivity contribution in [2.75, 3.05) is 13.1 Å². The lowest BCUT2D eigenvalue weighted by Gasteiger charge is -2.35. The number of rotatable bonds is 2. The van der Waals surface area contributed by atoms with Crippen LogP contribution in [0.2, 0.25) is 0 Å². The Kier molecular flexibility index (Phi) is 4.91. The van der Waals surface area contributed by atoms with E-state index in [-0.39, 0.29) is 18.9 Å². The van der Waals surface area contributed by atoms with Crippen molar-refractivity contribution in [3.63, 3.8) is 0 Å². The van der Waals surface area contributed by atoms with Gasteiger partial charge in [0.15, 0.2) is 0 Å². The van der Waals surface area contributed by atoms with Gasteiger partial charge in [-0.25, -0.2) is 4.79 Å². The van der Waals surface area contributed by atoms with Crippen LogP contribution < -0.4 is 0 Å². The molecule has 6 heteroatoms. The highest BCUT2D eigenvalue weighted by atomic mass is 16.6. The van der Waals surface area contributed by atoms with Crippen LogP contribution in [0.4, 0.5) is 4.79 Å². The molecule has 108 valence electrons.